The fourth-order valence-corrected chi connectivity index (χ4v) is 4.04. The molecule has 0 aliphatic carbocycles. The Kier molecular flexibility index (Phi) is 5.36. The number of nitrogens with two attached hydrogens (primary N) is 1. The van der Waals surface area contributed by atoms with Crippen molar-refractivity contribution >= 4 is 11.8 Å². The minimum atomic E-state index is 0.372. The zero-order chi connectivity index (χ0) is 17.8. The highest BCUT2D eigenvalue weighted by molar-refractivity contribution is 5.50. The van der Waals surface area contributed by atoms with E-state index in [1.807, 2.05) is 6.07 Å². The van der Waals surface area contributed by atoms with Gasteiger partial charge in [0.1, 0.15) is 11.6 Å². The third-order valence-corrected chi connectivity index (χ3v) is 5.32. The predicted molar refractivity (Wildman–Crippen MR) is 102 cm³/mol. The van der Waals surface area contributed by atoms with Crippen molar-refractivity contribution in [2.75, 3.05) is 43.8 Å². The molecule has 0 spiro atoms. The van der Waals surface area contributed by atoms with Crippen LogP contribution in [-0.4, -0.2) is 47.6 Å². The summed E-state index contributed by atoms with van der Waals surface area (Å²) < 4.78 is 5.49. The molecule has 0 unspecified atom stereocenters. The van der Waals surface area contributed by atoms with Gasteiger partial charge in [0.2, 0.25) is 5.95 Å². The van der Waals surface area contributed by atoms with Gasteiger partial charge in [0.05, 0.1) is 18.5 Å². The van der Waals surface area contributed by atoms with Crippen LogP contribution in [-0.2, 0) is 19.4 Å². The van der Waals surface area contributed by atoms with E-state index in [2.05, 4.69) is 31.6 Å². The van der Waals surface area contributed by atoms with Gasteiger partial charge in [0.25, 0.3) is 0 Å². The lowest BCUT2D eigenvalue weighted by molar-refractivity contribution is 0.162. The summed E-state index contributed by atoms with van der Waals surface area (Å²) in [5.41, 5.74) is 8.26. The molecule has 4 rings (SSSR count). The lowest BCUT2D eigenvalue weighted by atomic mass is 9.97. The third kappa shape index (κ3) is 4.16. The van der Waals surface area contributed by atoms with Crippen LogP contribution in [0.2, 0.25) is 0 Å². The first-order valence-corrected chi connectivity index (χ1v) is 9.62. The summed E-state index contributed by atoms with van der Waals surface area (Å²) >= 11 is 0. The molecule has 0 radical (unpaired) electrons. The van der Waals surface area contributed by atoms with E-state index in [-0.39, 0.29) is 0 Å². The number of anilines is 2. The molecule has 0 bridgehead atoms. The quantitative estimate of drug-likeness (QED) is 0.750. The van der Waals surface area contributed by atoms with E-state index >= 15 is 0 Å². The predicted octanol–water partition coefficient (Wildman–Crippen LogP) is 1.66. The molecule has 4 N–H and O–H groups in total. The van der Waals surface area contributed by atoms with Gasteiger partial charge < -0.3 is 20.8 Å². The summed E-state index contributed by atoms with van der Waals surface area (Å²) in [5, 5.41) is 7.00. The molecule has 26 heavy (non-hydrogen) atoms. The highest BCUT2D eigenvalue weighted by atomic mass is 16.3. The van der Waals surface area contributed by atoms with Crippen molar-refractivity contribution in [2.45, 2.75) is 32.2 Å². The molecule has 2 aliphatic rings. The van der Waals surface area contributed by atoms with Crippen LogP contribution in [0.1, 0.15) is 29.9 Å². The van der Waals surface area contributed by atoms with Gasteiger partial charge in [-0.15, -0.1) is 0 Å². The minimum absolute atomic E-state index is 0.372. The van der Waals surface area contributed by atoms with Crippen LogP contribution in [0, 0.1) is 5.92 Å². The van der Waals surface area contributed by atoms with Crippen molar-refractivity contribution in [3.63, 3.8) is 0 Å². The van der Waals surface area contributed by atoms with Gasteiger partial charge in [-0.2, -0.15) is 4.98 Å². The van der Waals surface area contributed by atoms with Gasteiger partial charge in [-0.05, 0) is 50.4 Å². The molecule has 0 saturated carbocycles. The molecule has 2 aliphatic heterocycles. The maximum atomic E-state index is 5.94. The number of furan rings is 1. The van der Waals surface area contributed by atoms with Crippen molar-refractivity contribution in [2.24, 2.45) is 5.92 Å². The summed E-state index contributed by atoms with van der Waals surface area (Å²) in [6.45, 7) is 5.95. The molecule has 140 valence electrons. The summed E-state index contributed by atoms with van der Waals surface area (Å²) in [4.78, 5) is 11.4. The molecule has 7 heteroatoms. The van der Waals surface area contributed by atoms with E-state index in [1.54, 1.807) is 6.26 Å². The van der Waals surface area contributed by atoms with Gasteiger partial charge >= 0.3 is 0 Å². The van der Waals surface area contributed by atoms with Crippen molar-refractivity contribution in [1.29, 1.82) is 0 Å². The Labute approximate surface area is 154 Å². The highest BCUT2D eigenvalue weighted by Gasteiger charge is 2.22. The van der Waals surface area contributed by atoms with Gasteiger partial charge in [0.15, 0.2) is 0 Å². The van der Waals surface area contributed by atoms with Crippen molar-refractivity contribution < 1.29 is 4.42 Å². The number of piperidine rings is 1. The Morgan fingerprint density at radius 3 is 3.12 bits per heavy atom. The molecule has 1 fully saturated rings. The van der Waals surface area contributed by atoms with E-state index in [0.717, 1.165) is 69.4 Å². The van der Waals surface area contributed by atoms with E-state index in [0.29, 0.717) is 11.9 Å². The second-order valence-electron chi connectivity index (χ2n) is 7.31. The van der Waals surface area contributed by atoms with Crippen LogP contribution in [0.4, 0.5) is 11.8 Å². The largest absolute Gasteiger partial charge is 0.468 e. The van der Waals surface area contributed by atoms with Gasteiger partial charge in [0, 0.05) is 31.6 Å². The molecule has 2 aromatic rings. The number of likely N-dealkylation sites (tertiary alicyclic amines) is 1. The summed E-state index contributed by atoms with van der Waals surface area (Å²) in [6.07, 6.45) is 6.08. The zero-order valence-electron chi connectivity index (χ0n) is 15.2. The van der Waals surface area contributed by atoms with Crippen LogP contribution in [0.5, 0.6) is 0 Å². The van der Waals surface area contributed by atoms with Crippen LogP contribution in [0.15, 0.2) is 22.8 Å². The van der Waals surface area contributed by atoms with Crippen LogP contribution >= 0.6 is 0 Å². The number of rotatable bonds is 5. The van der Waals surface area contributed by atoms with E-state index in [9.17, 15) is 0 Å². The monoisotopic (exact) mass is 356 g/mol. The van der Waals surface area contributed by atoms with Crippen molar-refractivity contribution in [3.05, 3.63) is 35.4 Å². The summed E-state index contributed by atoms with van der Waals surface area (Å²) in [7, 11) is 0. The zero-order valence-corrected chi connectivity index (χ0v) is 15.2. The topological polar surface area (TPSA) is 92.2 Å². The van der Waals surface area contributed by atoms with Crippen molar-refractivity contribution in [3.8, 4) is 0 Å². The Hall–Kier alpha value is -2.12. The molecule has 2 aromatic heterocycles. The molecule has 0 aromatic carbocycles. The minimum Gasteiger partial charge on any atom is -0.468 e. The first-order valence-electron chi connectivity index (χ1n) is 9.62. The standard InChI is InChI=1S/C19H28N6O/c20-19-23-17-6-8-21-7-5-16(17)18(24-19)22-11-14-3-1-9-25(12-14)13-15-4-2-10-26-15/h2,4,10,14,21H,1,3,5-9,11-13H2,(H3,20,22,23,24)/t14-/m1/s1. The number of nitrogen functional groups attached to an aromatic ring is 1. The summed E-state index contributed by atoms with van der Waals surface area (Å²) in [6, 6.07) is 4.01. The molecule has 1 saturated heterocycles. The fraction of sp³-hybridized carbons (Fsp3) is 0.579. The van der Waals surface area contributed by atoms with E-state index in [4.69, 9.17) is 10.2 Å². The Morgan fingerprint density at radius 2 is 2.23 bits per heavy atom. The third-order valence-electron chi connectivity index (χ3n) is 5.32. The normalized spacial score (nSPS) is 21.2. The average molecular weight is 356 g/mol. The van der Waals surface area contributed by atoms with Gasteiger partial charge in [-0.25, -0.2) is 4.98 Å². The second kappa shape index (κ2) is 8.05. The van der Waals surface area contributed by atoms with Gasteiger partial charge in [-0.3, -0.25) is 4.90 Å². The Balaban J connectivity index is 1.38. The second-order valence-corrected chi connectivity index (χ2v) is 7.31. The molecule has 4 heterocycles. The number of hydrogen-bond donors (Lipinski definition) is 3. The average Bonchev–Trinajstić information content (AvgIpc) is 3.03. The lowest BCUT2D eigenvalue weighted by Crippen LogP contribution is -2.37. The van der Waals surface area contributed by atoms with E-state index in [1.165, 1.54) is 18.4 Å². The first-order chi connectivity index (χ1) is 12.8. The number of hydrogen-bond acceptors (Lipinski definition) is 7. The number of aromatic nitrogens is 2. The highest BCUT2D eigenvalue weighted by Crippen LogP contribution is 2.23. The van der Waals surface area contributed by atoms with E-state index < -0.39 is 0 Å². The smallest absolute Gasteiger partial charge is 0.222 e. The maximum Gasteiger partial charge on any atom is 0.222 e. The van der Waals surface area contributed by atoms with Crippen LogP contribution in [0.3, 0.4) is 0 Å². The Bertz CT molecular complexity index is 717. The Morgan fingerprint density at radius 1 is 1.31 bits per heavy atom. The van der Waals surface area contributed by atoms with Crippen molar-refractivity contribution in [1.82, 2.24) is 20.2 Å². The maximum absolute atomic E-state index is 5.94. The number of nitrogens with one attached hydrogen (secondary N) is 2. The molecular weight excluding hydrogens is 328 g/mol. The number of nitrogens with zero attached hydrogens (tertiary/aromatic N) is 3. The SMILES string of the molecule is Nc1nc2c(c(NC[C@H]3CCCN(Cc4ccco4)C3)n1)CCNCC2. The van der Waals surface area contributed by atoms with Gasteiger partial charge in [-0.1, -0.05) is 0 Å². The fourth-order valence-electron chi connectivity index (χ4n) is 4.04. The molecule has 0 amide bonds. The molecule has 7 nitrogen and oxygen atoms in total. The first kappa shape index (κ1) is 17.3. The van der Waals surface area contributed by atoms with Crippen LogP contribution < -0.4 is 16.4 Å². The number of fused-ring (bicyclic) bond motifs is 1. The van der Waals surface area contributed by atoms with Crippen LogP contribution in [0.25, 0.3) is 0 Å². The lowest BCUT2D eigenvalue weighted by Gasteiger charge is -2.32. The summed E-state index contributed by atoms with van der Waals surface area (Å²) in [5.74, 6) is 2.95. The molecule has 1 atom stereocenters. The molecular formula is C19H28N6O.